The lowest BCUT2D eigenvalue weighted by atomic mass is 10.2. The summed E-state index contributed by atoms with van der Waals surface area (Å²) in [5.41, 5.74) is 1.64. The molecule has 4 rings (SSSR count). The van der Waals surface area contributed by atoms with Crippen molar-refractivity contribution in [3.8, 4) is 17.2 Å². The Balaban J connectivity index is 1.49. The number of nitrogens with zero attached hydrogens (tertiary/aromatic N) is 3. The van der Waals surface area contributed by atoms with Gasteiger partial charge in [-0.3, -0.25) is 4.79 Å². The Labute approximate surface area is 163 Å². The zero-order valence-electron chi connectivity index (χ0n) is 15.7. The highest BCUT2D eigenvalue weighted by Crippen LogP contribution is 2.34. The summed E-state index contributed by atoms with van der Waals surface area (Å²) < 4.78 is 11.5. The summed E-state index contributed by atoms with van der Waals surface area (Å²) in [6.45, 7) is 0. The number of ether oxygens (including phenoxy) is 2. The molecule has 1 amide bonds. The first kappa shape index (κ1) is 18.0. The third-order valence-corrected chi connectivity index (χ3v) is 4.73. The molecule has 1 N–H and O–H groups in total. The summed E-state index contributed by atoms with van der Waals surface area (Å²) in [6, 6.07) is 14.8. The molecular weight excluding hydrogens is 356 g/mol. The third kappa shape index (κ3) is 3.98. The molecule has 28 heavy (non-hydrogen) atoms. The van der Waals surface area contributed by atoms with Crippen LogP contribution in [-0.2, 0) is 0 Å². The van der Waals surface area contributed by atoms with Crippen LogP contribution in [0.5, 0.6) is 11.5 Å². The van der Waals surface area contributed by atoms with Crippen LogP contribution < -0.4 is 14.8 Å². The number of hydrogen-bond donors (Lipinski definition) is 1. The predicted molar refractivity (Wildman–Crippen MR) is 105 cm³/mol. The first-order chi connectivity index (χ1) is 13.7. The van der Waals surface area contributed by atoms with Crippen molar-refractivity contribution < 1.29 is 14.3 Å². The van der Waals surface area contributed by atoms with E-state index in [-0.39, 0.29) is 17.7 Å². The van der Waals surface area contributed by atoms with Crippen molar-refractivity contribution in [1.29, 1.82) is 0 Å². The van der Waals surface area contributed by atoms with Gasteiger partial charge in [-0.2, -0.15) is 9.90 Å². The number of hydrogen-bond acceptors (Lipinski definition) is 5. The molecular formula is C21H22N4O3. The lowest BCUT2D eigenvalue weighted by molar-refractivity contribution is 0.102. The van der Waals surface area contributed by atoms with Crippen molar-refractivity contribution in [3.05, 3.63) is 60.4 Å². The second-order valence-corrected chi connectivity index (χ2v) is 6.70. The molecule has 0 spiro atoms. The Morgan fingerprint density at radius 3 is 2.64 bits per heavy atom. The third-order valence-electron chi connectivity index (χ3n) is 4.73. The fraction of sp³-hybridized carbons (Fsp3) is 0.286. The molecule has 0 atom stereocenters. The van der Waals surface area contributed by atoms with E-state index in [2.05, 4.69) is 15.5 Å². The molecule has 7 nitrogen and oxygen atoms in total. The summed E-state index contributed by atoms with van der Waals surface area (Å²) in [4.78, 5) is 14.0. The minimum absolute atomic E-state index is 0.200. The van der Waals surface area contributed by atoms with Gasteiger partial charge in [0, 0.05) is 11.8 Å². The first-order valence-electron chi connectivity index (χ1n) is 9.37. The monoisotopic (exact) mass is 378 g/mol. The summed E-state index contributed by atoms with van der Waals surface area (Å²) >= 11 is 0. The van der Waals surface area contributed by atoms with E-state index in [9.17, 15) is 4.79 Å². The Morgan fingerprint density at radius 1 is 1.11 bits per heavy atom. The molecule has 7 heteroatoms. The van der Waals surface area contributed by atoms with Gasteiger partial charge in [-0.1, -0.05) is 18.2 Å². The maximum Gasteiger partial charge on any atom is 0.277 e. The molecule has 0 radical (unpaired) electrons. The fourth-order valence-electron chi connectivity index (χ4n) is 3.28. The van der Waals surface area contributed by atoms with Gasteiger partial charge in [-0.25, -0.2) is 0 Å². The molecule has 1 aliphatic rings. The van der Waals surface area contributed by atoms with Crippen LogP contribution in [0.25, 0.3) is 5.69 Å². The molecule has 0 bridgehead atoms. The maximum atomic E-state index is 12.6. The minimum Gasteiger partial charge on any atom is -0.493 e. The Hall–Kier alpha value is -3.35. The van der Waals surface area contributed by atoms with Crippen molar-refractivity contribution in [2.24, 2.45) is 0 Å². The predicted octanol–water partition coefficient (Wildman–Crippen LogP) is 3.85. The molecule has 1 saturated carbocycles. The SMILES string of the molecule is COc1ccc(NC(=O)c2cnn(-c3ccccc3)n2)cc1OC1CCCC1. The van der Waals surface area contributed by atoms with Gasteiger partial charge in [0.05, 0.1) is 25.1 Å². The summed E-state index contributed by atoms with van der Waals surface area (Å²) in [7, 11) is 1.61. The number of rotatable bonds is 6. The van der Waals surface area contributed by atoms with E-state index in [4.69, 9.17) is 9.47 Å². The van der Waals surface area contributed by atoms with E-state index in [1.807, 2.05) is 30.3 Å². The van der Waals surface area contributed by atoms with Crippen molar-refractivity contribution in [1.82, 2.24) is 15.0 Å². The van der Waals surface area contributed by atoms with Crippen molar-refractivity contribution in [3.63, 3.8) is 0 Å². The quantitative estimate of drug-likeness (QED) is 0.705. The number of methoxy groups -OCH3 is 1. The number of nitrogens with one attached hydrogen (secondary N) is 1. The first-order valence-corrected chi connectivity index (χ1v) is 9.37. The van der Waals surface area contributed by atoms with Gasteiger partial charge in [0.1, 0.15) is 0 Å². The smallest absolute Gasteiger partial charge is 0.277 e. The standard InChI is InChI=1S/C21H22N4O3/c1-27-19-12-11-15(13-20(19)28-17-9-5-6-10-17)23-21(26)18-14-22-25(24-18)16-7-3-2-4-8-16/h2-4,7-8,11-14,17H,5-6,9-10H2,1H3,(H,23,26). The molecule has 0 saturated heterocycles. The Kier molecular flexibility index (Phi) is 5.23. The lowest BCUT2D eigenvalue weighted by Gasteiger charge is -2.17. The Bertz CT molecular complexity index is 949. The number of para-hydroxylation sites is 1. The number of carbonyl (C=O) groups excluding carboxylic acids is 1. The molecule has 1 aromatic heterocycles. The van der Waals surface area contributed by atoms with Gasteiger partial charge in [0.2, 0.25) is 0 Å². The zero-order valence-corrected chi connectivity index (χ0v) is 15.7. The van der Waals surface area contributed by atoms with E-state index in [1.54, 1.807) is 25.3 Å². The largest absolute Gasteiger partial charge is 0.493 e. The fourth-order valence-corrected chi connectivity index (χ4v) is 3.28. The molecule has 0 unspecified atom stereocenters. The van der Waals surface area contributed by atoms with Crippen LogP contribution in [0.1, 0.15) is 36.2 Å². The average Bonchev–Trinajstić information content (AvgIpc) is 3.41. The van der Waals surface area contributed by atoms with E-state index in [1.165, 1.54) is 23.8 Å². The number of aromatic nitrogens is 3. The summed E-state index contributed by atoms with van der Waals surface area (Å²) in [5.74, 6) is 0.958. The van der Waals surface area contributed by atoms with Crippen LogP contribution in [0.15, 0.2) is 54.7 Å². The Morgan fingerprint density at radius 2 is 1.89 bits per heavy atom. The molecule has 3 aromatic rings. The van der Waals surface area contributed by atoms with E-state index < -0.39 is 0 Å². The van der Waals surface area contributed by atoms with Gasteiger partial charge in [-0.15, -0.1) is 5.10 Å². The van der Waals surface area contributed by atoms with Crippen LogP contribution in [0.2, 0.25) is 0 Å². The summed E-state index contributed by atoms with van der Waals surface area (Å²) in [6.07, 6.45) is 6.10. The number of carbonyl (C=O) groups is 1. The van der Waals surface area contributed by atoms with E-state index >= 15 is 0 Å². The van der Waals surface area contributed by atoms with Crippen LogP contribution in [-0.4, -0.2) is 34.1 Å². The van der Waals surface area contributed by atoms with Crippen molar-refractivity contribution in [2.75, 3.05) is 12.4 Å². The molecule has 144 valence electrons. The average molecular weight is 378 g/mol. The second-order valence-electron chi connectivity index (χ2n) is 6.70. The molecule has 0 aliphatic heterocycles. The molecule has 1 fully saturated rings. The number of anilines is 1. The number of amides is 1. The van der Waals surface area contributed by atoms with E-state index in [0.717, 1.165) is 18.5 Å². The molecule has 2 aromatic carbocycles. The normalized spacial score (nSPS) is 14.0. The van der Waals surface area contributed by atoms with Gasteiger partial charge in [0.25, 0.3) is 5.91 Å². The van der Waals surface area contributed by atoms with Gasteiger partial charge >= 0.3 is 0 Å². The van der Waals surface area contributed by atoms with Crippen molar-refractivity contribution >= 4 is 11.6 Å². The van der Waals surface area contributed by atoms with E-state index in [0.29, 0.717) is 17.2 Å². The zero-order chi connectivity index (χ0) is 19.3. The minimum atomic E-state index is -0.334. The highest BCUT2D eigenvalue weighted by molar-refractivity contribution is 6.02. The van der Waals surface area contributed by atoms with Crippen LogP contribution in [0.3, 0.4) is 0 Å². The number of benzene rings is 2. The van der Waals surface area contributed by atoms with Crippen molar-refractivity contribution in [2.45, 2.75) is 31.8 Å². The van der Waals surface area contributed by atoms with Gasteiger partial charge < -0.3 is 14.8 Å². The maximum absolute atomic E-state index is 12.6. The van der Waals surface area contributed by atoms with Gasteiger partial charge in [0.15, 0.2) is 17.2 Å². The van der Waals surface area contributed by atoms with Crippen LogP contribution in [0, 0.1) is 0 Å². The van der Waals surface area contributed by atoms with Crippen LogP contribution in [0.4, 0.5) is 5.69 Å². The summed E-state index contributed by atoms with van der Waals surface area (Å²) in [5, 5.41) is 11.3. The molecule has 1 aliphatic carbocycles. The topological polar surface area (TPSA) is 78.3 Å². The van der Waals surface area contributed by atoms with Gasteiger partial charge in [-0.05, 0) is 49.9 Å². The second kappa shape index (κ2) is 8.12. The lowest BCUT2D eigenvalue weighted by Crippen LogP contribution is -2.14. The van der Waals surface area contributed by atoms with Crippen LogP contribution >= 0.6 is 0 Å². The molecule has 1 heterocycles. The highest BCUT2D eigenvalue weighted by Gasteiger charge is 2.19. The highest BCUT2D eigenvalue weighted by atomic mass is 16.5.